The van der Waals surface area contributed by atoms with E-state index in [0.29, 0.717) is 37.3 Å². The van der Waals surface area contributed by atoms with Crippen molar-refractivity contribution in [2.45, 2.75) is 44.8 Å². The molecule has 7 nitrogen and oxygen atoms in total. The van der Waals surface area contributed by atoms with Crippen LogP contribution in [0.2, 0.25) is 0 Å². The molecule has 0 aliphatic carbocycles. The van der Waals surface area contributed by atoms with Crippen molar-refractivity contribution < 1.29 is 28.2 Å². The van der Waals surface area contributed by atoms with Gasteiger partial charge < -0.3 is 19.6 Å². The minimum Gasteiger partial charge on any atom is -0.478 e. The van der Waals surface area contributed by atoms with E-state index in [0.717, 1.165) is 24.6 Å². The number of aromatic nitrogens is 1. The van der Waals surface area contributed by atoms with Crippen molar-refractivity contribution in [3.8, 4) is 11.1 Å². The number of carboxylic acid groups (broad SMARTS) is 1. The minimum absolute atomic E-state index is 0.0626. The zero-order valence-electron chi connectivity index (χ0n) is 18.2. The Hall–Kier alpha value is -3.23. The minimum atomic E-state index is -1.19. The lowest BCUT2D eigenvalue weighted by Crippen LogP contribution is -2.64. The molecule has 2 aromatic rings. The number of ether oxygens (including phenoxy) is 1. The Morgan fingerprint density at radius 3 is 2.31 bits per heavy atom. The van der Waals surface area contributed by atoms with Crippen LogP contribution in [0.1, 0.15) is 44.0 Å². The lowest BCUT2D eigenvalue weighted by Gasteiger charge is -2.50. The maximum atomic E-state index is 13.9. The first-order valence-corrected chi connectivity index (χ1v) is 10.4. The molecule has 3 heterocycles. The number of aromatic carboxylic acids is 1. The van der Waals surface area contributed by atoms with E-state index in [9.17, 15) is 23.5 Å². The number of hydrogen-bond donors (Lipinski definition) is 1. The van der Waals surface area contributed by atoms with Crippen molar-refractivity contribution in [3.63, 3.8) is 0 Å². The second kappa shape index (κ2) is 7.72. The number of hydrogen-bond acceptors (Lipinski definition) is 5. The molecule has 1 amide bonds. The summed E-state index contributed by atoms with van der Waals surface area (Å²) in [5.41, 5.74) is -0.290. The van der Waals surface area contributed by atoms with Crippen LogP contribution in [0.15, 0.2) is 30.6 Å². The second-order valence-electron chi connectivity index (χ2n) is 9.32. The van der Waals surface area contributed by atoms with E-state index in [4.69, 9.17) is 4.74 Å². The number of benzene rings is 1. The molecular formula is C23H25F2N3O4. The molecule has 1 N–H and O–H groups in total. The van der Waals surface area contributed by atoms with Gasteiger partial charge in [0.05, 0.1) is 11.2 Å². The van der Waals surface area contributed by atoms with E-state index >= 15 is 0 Å². The van der Waals surface area contributed by atoms with Crippen molar-refractivity contribution in [1.29, 1.82) is 0 Å². The monoisotopic (exact) mass is 445 g/mol. The van der Waals surface area contributed by atoms with E-state index < -0.39 is 34.8 Å². The van der Waals surface area contributed by atoms with E-state index in [2.05, 4.69) is 4.98 Å². The van der Waals surface area contributed by atoms with Gasteiger partial charge in [0.15, 0.2) is 0 Å². The van der Waals surface area contributed by atoms with E-state index in [1.807, 2.05) is 4.90 Å². The molecule has 0 radical (unpaired) electrons. The van der Waals surface area contributed by atoms with Gasteiger partial charge in [0.2, 0.25) is 0 Å². The first kappa shape index (κ1) is 22.0. The molecule has 1 aromatic carbocycles. The van der Waals surface area contributed by atoms with Gasteiger partial charge in [-0.25, -0.2) is 18.4 Å². The SMILES string of the molecule is CC(C)(C)OC(=O)N1CCC12CCN(c1c(C(=O)O)cncc1-c1cc(F)cc(F)c1)C2. The number of carbonyl (C=O) groups excluding carboxylic acids is 1. The fourth-order valence-corrected chi connectivity index (χ4v) is 4.48. The van der Waals surface area contributed by atoms with Gasteiger partial charge in [-0.15, -0.1) is 0 Å². The summed E-state index contributed by atoms with van der Waals surface area (Å²) >= 11 is 0. The number of likely N-dealkylation sites (tertiary alicyclic amines) is 1. The highest BCUT2D eigenvalue weighted by molar-refractivity contribution is 5.99. The van der Waals surface area contributed by atoms with E-state index in [1.165, 1.54) is 12.4 Å². The van der Waals surface area contributed by atoms with Crippen molar-refractivity contribution in [1.82, 2.24) is 9.88 Å². The highest BCUT2D eigenvalue weighted by Gasteiger charge is 2.53. The van der Waals surface area contributed by atoms with Crippen LogP contribution in [-0.4, -0.2) is 57.8 Å². The third-order valence-corrected chi connectivity index (χ3v) is 5.96. The summed E-state index contributed by atoms with van der Waals surface area (Å²) in [5, 5.41) is 9.78. The zero-order valence-corrected chi connectivity index (χ0v) is 18.2. The number of anilines is 1. The van der Waals surface area contributed by atoms with Gasteiger partial charge in [-0.05, 0) is 51.3 Å². The highest BCUT2D eigenvalue weighted by Crippen LogP contribution is 2.44. The number of rotatable bonds is 3. The molecule has 4 rings (SSSR count). The van der Waals surface area contributed by atoms with Gasteiger partial charge in [-0.1, -0.05) is 0 Å². The van der Waals surface area contributed by atoms with Crippen LogP contribution in [0.5, 0.6) is 0 Å². The zero-order chi connectivity index (χ0) is 23.3. The average Bonchev–Trinajstić information content (AvgIpc) is 3.11. The predicted molar refractivity (Wildman–Crippen MR) is 114 cm³/mol. The summed E-state index contributed by atoms with van der Waals surface area (Å²) < 4.78 is 33.3. The Bertz CT molecular complexity index is 1070. The first-order chi connectivity index (χ1) is 15.0. The summed E-state index contributed by atoms with van der Waals surface area (Å²) in [7, 11) is 0. The van der Waals surface area contributed by atoms with Crippen LogP contribution in [0, 0.1) is 11.6 Å². The summed E-state index contributed by atoms with van der Waals surface area (Å²) in [6.07, 6.45) is 3.64. The Kier molecular flexibility index (Phi) is 5.30. The van der Waals surface area contributed by atoms with E-state index in [-0.39, 0.29) is 11.1 Å². The van der Waals surface area contributed by atoms with Crippen LogP contribution in [0.25, 0.3) is 11.1 Å². The van der Waals surface area contributed by atoms with Gasteiger partial charge in [-0.3, -0.25) is 4.98 Å². The normalized spacial score (nSPS) is 20.4. The van der Waals surface area contributed by atoms with Crippen molar-refractivity contribution >= 4 is 17.7 Å². The van der Waals surface area contributed by atoms with Crippen molar-refractivity contribution in [3.05, 3.63) is 47.8 Å². The van der Waals surface area contributed by atoms with Crippen LogP contribution < -0.4 is 4.90 Å². The van der Waals surface area contributed by atoms with Crippen LogP contribution in [-0.2, 0) is 4.74 Å². The lowest BCUT2D eigenvalue weighted by molar-refractivity contribution is -0.0362. The second-order valence-corrected chi connectivity index (χ2v) is 9.32. The van der Waals surface area contributed by atoms with Crippen molar-refractivity contribution in [2.24, 2.45) is 0 Å². The third-order valence-electron chi connectivity index (χ3n) is 5.96. The van der Waals surface area contributed by atoms with Gasteiger partial charge in [0.1, 0.15) is 22.8 Å². The number of nitrogens with zero attached hydrogens (tertiary/aromatic N) is 3. The van der Waals surface area contributed by atoms with E-state index in [1.54, 1.807) is 25.7 Å². The Morgan fingerprint density at radius 1 is 1.09 bits per heavy atom. The van der Waals surface area contributed by atoms with Crippen LogP contribution >= 0.6 is 0 Å². The number of halogens is 2. The molecule has 2 saturated heterocycles. The van der Waals surface area contributed by atoms with Gasteiger partial charge in [0.25, 0.3) is 0 Å². The number of amides is 1. The fourth-order valence-electron chi connectivity index (χ4n) is 4.48. The number of carboxylic acids is 1. The molecule has 2 aliphatic rings. The van der Waals surface area contributed by atoms with Gasteiger partial charge in [0, 0.05) is 43.7 Å². The molecule has 1 unspecified atom stereocenters. The summed E-state index contributed by atoms with van der Waals surface area (Å²) in [4.78, 5) is 32.2. The molecule has 1 aromatic heterocycles. The topological polar surface area (TPSA) is 83.0 Å². The fraction of sp³-hybridized carbons (Fsp3) is 0.435. The molecule has 2 aliphatic heterocycles. The largest absolute Gasteiger partial charge is 0.478 e. The average molecular weight is 445 g/mol. The standard InChI is InChI=1S/C23H25F2N3O4/c1-22(2,3)32-21(31)28-7-5-23(28)4-6-27(13-23)19-17(11-26-12-18(19)20(29)30)14-8-15(24)10-16(25)9-14/h8-12H,4-7,13H2,1-3H3,(H,29,30). The molecule has 170 valence electrons. The molecule has 1 spiro atoms. The summed E-state index contributed by atoms with van der Waals surface area (Å²) in [6.45, 7) is 6.85. The summed E-state index contributed by atoms with van der Waals surface area (Å²) in [6, 6.07) is 3.06. The molecular weight excluding hydrogens is 420 g/mol. The van der Waals surface area contributed by atoms with Crippen molar-refractivity contribution in [2.75, 3.05) is 24.5 Å². The third kappa shape index (κ3) is 3.99. The predicted octanol–water partition coefficient (Wildman–Crippen LogP) is 4.31. The quantitative estimate of drug-likeness (QED) is 0.758. The number of carbonyl (C=O) groups is 2. The molecule has 32 heavy (non-hydrogen) atoms. The number of pyridine rings is 1. The van der Waals surface area contributed by atoms with Crippen LogP contribution in [0.3, 0.4) is 0 Å². The van der Waals surface area contributed by atoms with Gasteiger partial charge in [-0.2, -0.15) is 0 Å². The summed E-state index contributed by atoms with van der Waals surface area (Å²) in [5.74, 6) is -2.72. The Balaban J connectivity index is 1.70. The molecule has 9 heteroatoms. The smallest absolute Gasteiger partial charge is 0.410 e. The maximum Gasteiger partial charge on any atom is 0.410 e. The van der Waals surface area contributed by atoms with Crippen LogP contribution in [0.4, 0.5) is 19.3 Å². The molecule has 0 saturated carbocycles. The molecule has 2 fully saturated rings. The molecule has 0 bridgehead atoms. The highest BCUT2D eigenvalue weighted by atomic mass is 19.1. The molecule has 1 atom stereocenters. The Labute approximate surface area is 184 Å². The Morgan fingerprint density at radius 2 is 1.75 bits per heavy atom. The maximum absolute atomic E-state index is 13.9. The first-order valence-electron chi connectivity index (χ1n) is 10.4. The lowest BCUT2D eigenvalue weighted by atomic mass is 9.84. The van der Waals surface area contributed by atoms with Gasteiger partial charge >= 0.3 is 12.1 Å².